The molecule has 7 rings (SSSR count). The third kappa shape index (κ3) is 7.29. The molecule has 4 aromatic rings. The summed E-state index contributed by atoms with van der Waals surface area (Å²) in [6.45, 7) is 2.69. The van der Waals surface area contributed by atoms with Crippen LogP contribution in [0.15, 0.2) is 76.1 Å². The van der Waals surface area contributed by atoms with Crippen molar-refractivity contribution in [1.29, 1.82) is 0 Å². The standard InChI is InChI=1S/C37H37BrN6O8/c1-42-20-23(19-24(21-42)39-33-32(38)37(49)43-14-3-2-7-29(43)40-33)22-8-10-25(11-9-22)51-17-15-50-16-18-52-28-6-4-5-26-31(28)36(48)44(35(26)47)27-12-13-30(45)41-34(27)46/h2-11,14,23-24,27,39H,12-13,15-21H2,1H3,(H,41,45,46)/t23-,24+,27?/m0/s1. The number of carbonyl (C=O) groups is 4. The maximum absolute atomic E-state index is 13.2. The number of fused-ring (bicyclic) bond motifs is 2. The van der Waals surface area contributed by atoms with Crippen molar-refractivity contribution in [2.24, 2.45) is 0 Å². The first-order valence-electron chi connectivity index (χ1n) is 17.1. The van der Waals surface area contributed by atoms with Crippen molar-refractivity contribution in [1.82, 2.24) is 24.5 Å². The zero-order valence-corrected chi connectivity index (χ0v) is 30.0. The zero-order valence-electron chi connectivity index (χ0n) is 28.4. The fourth-order valence-corrected chi connectivity index (χ4v) is 7.39. The van der Waals surface area contributed by atoms with Gasteiger partial charge in [-0.3, -0.25) is 38.6 Å². The van der Waals surface area contributed by atoms with Gasteiger partial charge in [-0.1, -0.05) is 24.3 Å². The van der Waals surface area contributed by atoms with E-state index in [1.807, 2.05) is 24.3 Å². The van der Waals surface area contributed by atoms with E-state index in [9.17, 15) is 24.0 Å². The van der Waals surface area contributed by atoms with E-state index in [0.717, 1.165) is 30.2 Å². The van der Waals surface area contributed by atoms with Crippen molar-refractivity contribution in [3.8, 4) is 11.5 Å². The van der Waals surface area contributed by atoms with Crippen LogP contribution in [0.1, 0.15) is 51.5 Å². The van der Waals surface area contributed by atoms with Gasteiger partial charge >= 0.3 is 0 Å². The number of anilines is 1. The van der Waals surface area contributed by atoms with Gasteiger partial charge in [0.15, 0.2) is 0 Å². The predicted molar refractivity (Wildman–Crippen MR) is 193 cm³/mol. The van der Waals surface area contributed by atoms with E-state index in [0.29, 0.717) is 29.2 Å². The molecule has 0 spiro atoms. The van der Waals surface area contributed by atoms with Crippen molar-refractivity contribution in [3.63, 3.8) is 0 Å². The number of hydrogen-bond acceptors (Lipinski definition) is 11. The molecule has 5 heterocycles. The number of aromatic nitrogens is 2. The summed E-state index contributed by atoms with van der Waals surface area (Å²) in [5, 5.41) is 5.69. The lowest BCUT2D eigenvalue weighted by Crippen LogP contribution is -2.54. The number of amides is 4. The van der Waals surface area contributed by atoms with Gasteiger partial charge in [-0.25, -0.2) is 4.98 Å². The number of nitrogens with zero attached hydrogens (tertiary/aromatic N) is 4. The van der Waals surface area contributed by atoms with E-state index in [-0.39, 0.29) is 60.5 Å². The first-order valence-corrected chi connectivity index (χ1v) is 17.9. The number of nitrogens with one attached hydrogen (secondary N) is 2. The molecule has 2 fully saturated rings. The van der Waals surface area contributed by atoms with Crippen LogP contribution in [0.25, 0.3) is 5.65 Å². The monoisotopic (exact) mass is 772 g/mol. The number of imide groups is 2. The first-order chi connectivity index (χ1) is 25.2. The molecule has 14 nitrogen and oxygen atoms in total. The minimum absolute atomic E-state index is 0.0482. The lowest BCUT2D eigenvalue weighted by Gasteiger charge is -2.36. The number of carbonyl (C=O) groups excluding carboxylic acids is 4. The van der Waals surface area contributed by atoms with Crippen molar-refractivity contribution in [3.05, 3.63) is 98.4 Å². The number of rotatable bonds is 12. The lowest BCUT2D eigenvalue weighted by molar-refractivity contribution is -0.136. The first kappa shape index (κ1) is 35.3. The van der Waals surface area contributed by atoms with Crippen LogP contribution in [0.3, 0.4) is 0 Å². The molecule has 2 aromatic heterocycles. The van der Waals surface area contributed by atoms with E-state index in [1.165, 1.54) is 16.0 Å². The fraction of sp³-hybridized carbons (Fsp3) is 0.351. The van der Waals surface area contributed by atoms with E-state index >= 15 is 0 Å². The Bertz CT molecular complexity index is 2090. The van der Waals surface area contributed by atoms with Gasteiger partial charge in [-0.2, -0.15) is 0 Å². The molecule has 3 atom stereocenters. The fourth-order valence-electron chi connectivity index (χ4n) is 6.99. The van der Waals surface area contributed by atoms with Crippen molar-refractivity contribution in [2.45, 2.75) is 37.3 Å². The summed E-state index contributed by atoms with van der Waals surface area (Å²) in [6.07, 6.45) is 2.71. The van der Waals surface area contributed by atoms with Crippen LogP contribution in [0.4, 0.5) is 5.82 Å². The minimum atomic E-state index is -1.04. The third-order valence-corrected chi connectivity index (χ3v) is 10.1. The van der Waals surface area contributed by atoms with Gasteiger partial charge in [0.05, 0.1) is 24.3 Å². The Hall–Kier alpha value is -5.12. The second-order valence-electron chi connectivity index (χ2n) is 13.0. The van der Waals surface area contributed by atoms with Gasteiger partial charge in [0.1, 0.15) is 46.7 Å². The van der Waals surface area contributed by atoms with Gasteiger partial charge in [0.2, 0.25) is 11.8 Å². The van der Waals surface area contributed by atoms with Gasteiger partial charge in [0.25, 0.3) is 17.4 Å². The van der Waals surface area contributed by atoms with E-state index in [2.05, 4.69) is 55.6 Å². The molecular weight excluding hydrogens is 736 g/mol. The Labute approximate surface area is 307 Å². The predicted octanol–water partition coefficient (Wildman–Crippen LogP) is 3.23. The maximum Gasteiger partial charge on any atom is 0.274 e. The second kappa shape index (κ2) is 15.2. The summed E-state index contributed by atoms with van der Waals surface area (Å²) in [5.74, 6) is -0.541. The summed E-state index contributed by atoms with van der Waals surface area (Å²) in [6, 6.07) is 17.3. The third-order valence-electron chi connectivity index (χ3n) is 9.42. The minimum Gasteiger partial charge on any atom is -0.491 e. The summed E-state index contributed by atoms with van der Waals surface area (Å²) in [4.78, 5) is 70.9. The van der Waals surface area contributed by atoms with Crippen molar-refractivity contribution in [2.75, 3.05) is 51.9 Å². The Kier molecular flexibility index (Phi) is 10.3. The topological polar surface area (TPSA) is 161 Å². The van der Waals surface area contributed by atoms with Gasteiger partial charge in [-0.15, -0.1) is 0 Å². The van der Waals surface area contributed by atoms with Crippen LogP contribution >= 0.6 is 15.9 Å². The van der Waals surface area contributed by atoms with Crippen LogP contribution in [-0.4, -0.2) is 101 Å². The summed E-state index contributed by atoms with van der Waals surface area (Å²) in [5.41, 5.74) is 1.88. The molecule has 0 aliphatic carbocycles. The van der Waals surface area contributed by atoms with Gasteiger partial charge in [-0.05, 0) is 83.7 Å². The summed E-state index contributed by atoms with van der Waals surface area (Å²) in [7, 11) is 2.09. The van der Waals surface area contributed by atoms with Crippen LogP contribution < -0.4 is 25.7 Å². The summed E-state index contributed by atoms with van der Waals surface area (Å²) < 4.78 is 19.3. The number of piperidine rings is 2. The number of pyridine rings is 1. The molecule has 2 N–H and O–H groups in total. The molecule has 3 aliphatic rings. The molecule has 52 heavy (non-hydrogen) atoms. The Morgan fingerprint density at radius 2 is 1.69 bits per heavy atom. The number of ether oxygens (including phenoxy) is 3. The molecule has 1 unspecified atom stereocenters. The molecule has 2 aromatic carbocycles. The Morgan fingerprint density at radius 1 is 0.904 bits per heavy atom. The smallest absolute Gasteiger partial charge is 0.274 e. The highest BCUT2D eigenvalue weighted by atomic mass is 79.9. The largest absolute Gasteiger partial charge is 0.491 e. The van der Waals surface area contributed by atoms with Crippen LogP contribution in [0, 0.1) is 0 Å². The van der Waals surface area contributed by atoms with Gasteiger partial charge < -0.3 is 24.4 Å². The molecule has 4 amide bonds. The highest BCUT2D eigenvalue weighted by Crippen LogP contribution is 2.34. The average molecular weight is 774 g/mol. The van der Waals surface area contributed by atoms with Crippen molar-refractivity contribution < 1.29 is 33.4 Å². The molecule has 3 aliphatic heterocycles. The molecule has 15 heteroatoms. The number of hydrogen-bond donors (Lipinski definition) is 2. The SMILES string of the molecule is CN1C[C@H](Nc2nc3ccccn3c(=O)c2Br)C[C@H](c2ccc(OCCOCCOc3cccc4c3C(=O)N(C3CCC(=O)NC3=O)C4=O)cc2)C1. The Balaban J connectivity index is 0.861. The van der Waals surface area contributed by atoms with Crippen molar-refractivity contribution >= 4 is 51.0 Å². The van der Waals surface area contributed by atoms with E-state index in [1.54, 1.807) is 24.4 Å². The lowest BCUT2D eigenvalue weighted by atomic mass is 9.88. The van der Waals surface area contributed by atoms with Crippen LogP contribution in [0.2, 0.25) is 0 Å². The molecule has 2 saturated heterocycles. The molecule has 0 saturated carbocycles. The van der Waals surface area contributed by atoms with Crippen LogP contribution in [0.5, 0.6) is 11.5 Å². The van der Waals surface area contributed by atoms with Crippen LogP contribution in [-0.2, 0) is 14.3 Å². The molecule has 270 valence electrons. The van der Waals surface area contributed by atoms with E-state index in [4.69, 9.17) is 14.2 Å². The maximum atomic E-state index is 13.2. The average Bonchev–Trinajstić information content (AvgIpc) is 3.39. The zero-order chi connectivity index (χ0) is 36.4. The van der Waals surface area contributed by atoms with Gasteiger partial charge in [0, 0.05) is 31.7 Å². The normalized spacial score (nSPS) is 20.6. The number of halogens is 1. The number of likely N-dealkylation sites (N-methyl/N-ethyl adjacent to an activating group) is 1. The van der Waals surface area contributed by atoms with E-state index < -0.39 is 29.7 Å². The highest BCUT2D eigenvalue weighted by Gasteiger charge is 2.46. The quantitative estimate of drug-likeness (QED) is 0.161. The second-order valence-corrected chi connectivity index (χ2v) is 13.8. The highest BCUT2D eigenvalue weighted by molar-refractivity contribution is 9.10. The number of likely N-dealkylation sites (tertiary alicyclic amines) is 1. The molecular formula is C37H37BrN6O8. The molecule has 0 bridgehead atoms. The number of benzene rings is 2. The summed E-state index contributed by atoms with van der Waals surface area (Å²) >= 11 is 3.45. The Morgan fingerprint density at radius 3 is 2.48 bits per heavy atom. The molecule has 0 radical (unpaired) electrons.